The van der Waals surface area contributed by atoms with E-state index in [0.717, 1.165) is 5.57 Å². The molecule has 18 heavy (non-hydrogen) atoms. The number of esters is 2. The van der Waals surface area contributed by atoms with Gasteiger partial charge in [-0.05, 0) is 39.3 Å². The quantitative estimate of drug-likeness (QED) is 0.415. The van der Waals surface area contributed by atoms with Gasteiger partial charge in [0.25, 0.3) is 0 Å². The lowest BCUT2D eigenvalue weighted by Gasteiger charge is -2.17. The van der Waals surface area contributed by atoms with Crippen molar-refractivity contribution in [2.24, 2.45) is 11.8 Å². The second-order valence-electron chi connectivity index (χ2n) is 4.15. The lowest BCUT2D eigenvalue weighted by Crippen LogP contribution is -2.32. The maximum Gasteiger partial charge on any atom is 0.320 e. The number of carbonyl (C=O) groups is 2. The summed E-state index contributed by atoms with van der Waals surface area (Å²) in [7, 11) is 0. The molecule has 0 rings (SSSR count). The van der Waals surface area contributed by atoms with Crippen LogP contribution in [0.1, 0.15) is 34.6 Å². The summed E-state index contributed by atoms with van der Waals surface area (Å²) in [6.07, 6.45) is 1.70. The number of allylic oxidation sites excluding steroid dienone is 1. The van der Waals surface area contributed by atoms with Gasteiger partial charge in [-0.25, -0.2) is 0 Å². The molecule has 0 spiro atoms. The Kier molecular flexibility index (Phi) is 7.81. The lowest BCUT2D eigenvalue weighted by atomic mass is 9.94. The molecule has 0 radical (unpaired) electrons. The molecule has 0 amide bonds. The Morgan fingerprint density at radius 1 is 1.11 bits per heavy atom. The van der Waals surface area contributed by atoms with E-state index in [-0.39, 0.29) is 19.1 Å². The van der Waals surface area contributed by atoms with Crippen molar-refractivity contribution in [3.8, 4) is 0 Å². The normalized spacial score (nSPS) is 11.4. The van der Waals surface area contributed by atoms with Crippen LogP contribution in [0.4, 0.5) is 0 Å². The maximum absolute atomic E-state index is 11.8. The molecule has 0 N–H and O–H groups in total. The van der Waals surface area contributed by atoms with Gasteiger partial charge in [0.1, 0.15) is 0 Å². The second-order valence-corrected chi connectivity index (χ2v) is 4.15. The first kappa shape index (κ1) is 16.5. The van der Waals surface area contributed by atoms with E-state index in [1.807, 2.05) is 13.8 Å². The molecular formula is C14H22O4. The standard InChI is InChI=1S/C14H22O4/c1-6-17-13(15)12(14(16)18-7-2)11(5)9-8-10(3)4/h9,11-12H,6-7H2,1-5H3. The molecule has 0 aliphatic heterocycles. The second kappa shape index (κ2) is 8.54. The molecule has 0 aliphatic rings. The van der Waals surface area contributed by atoms with Crippen LogP contribution in [0.5, 0.6) is 0 Å². The summed E-state index contributed by atoms with van der Waals surface area (Å²) >= 11 is 0. The van der Waals surface area contributed by atoms with Gasteiger partial charge in [0.05, 0.1) is 13.2 Å². The van der Waals surface area contributed by atoms with Gasteiger partial charge in [-0.2, -0.15) is 0 Å². The lowest BCUT2D eigenvalue weighted by molar-refractivity contribution is -0.163. The van der Waals surface area contributed by atoms with Crippen molar-refractivity contribution in [1.29, 1.82) is 0 Å². The number of carbonyl (C=O) groups excluding carboxylic acids is 2. The molecule has 0 aromatic heterocycles. The third-order valence-electron chi connectivity index (χ3n) is 2.24. The Hall–Kier alpha value is -1.54. The predicted octanol–water partition coefficient (Wildman–Crippen LogP) is 2.49. The largest absolute Gasteiger partial charge is 0.465 e. The van der Waals surface area contributed by atoms with Crippen LogP contribution in [-0.2, 0) is 19.1 Å². The van der Waals surface area contributed by atoms with E-state index >= 15 is 0 Å². The van der Waals surface area contributed by atoms with Crippen molar-refractivity contribution in [3.63, 3.8) is 0 Å². The van der Waals surface area contributed by atoms with Gasteiger partial charge in [0, 0.05) is 5.92 Å². The molecule has 4 heteroatoms. The first-order valence-electron chi connectivity index (χ1n) is 6.17. The van der Waals surface area contributed by atoms with E-state index in [0.29, 0.717) is 0 Å². The highest BCUT2D eigenvalue weighted by Gasteiger charge is 2.33. The highest BCUT2D eigenvalue weighted by molar-refractivity contribution is 5.95. The van der Waals surface area contributed by atoms with Crippen LogP contribution in [0.25, 0.3) is 0 Å². The van der Waals surface area contributed by atoms with Gasteiger partial charge in [-0.15, -0.1) is 5.73 Å². The molecule has 102 valence electrons. The van der Waals surface area contributed by atoms with Gasteiger partial charge in [-0.1, -0.05) is 6.92 Å². The third kappa shape index (κ3) is 5.69. The minimum absolute atomic E-state index is 0.244. The van der Waals surface area contributed by atoms with Crippen molar-refractivity contribution in [1.82, 2.24) is 0 Å². The number of hydrogen-bond donors (Lipinski definition) is 0. The van der Waals surface area contributed by atoms with Crippen molar-refractivity contribution in [2.75, 3.05) is 13.2 Å². The molecule has 0 aromatic rings. The number of ether oxygens (including phenoxy) is 2. The predicted molar refractivity (Wildman–Crippen MR) is 68.9 cm³/mol. The summed E-state index contributed by atoms with van der Waals surface area (Å²) in [6.45, 7) is 9.46. The minimum Gasteiger partial charge on any atom is -0.465 e. The van der Waals surface area contributed by atoms with E-state index in [1.54, 1.807) is 26.8 Å². The molecule has 0 bridgehead atoms. The van der Waals surface area contributed by atoms with Gasteiger partial charge >= 0.3 is 11.9 Å². The molecule has 0 fully saturated rings. The molecule has 1 atom stereocenters. The Bertz CT molecular complexity index is 329. The van der Waals surface area contributed by atoms with Crippen molar-refractivity contribution >= 4 is 11.9 Å². The van der Waals surface area contributed by atoms with Crippen molar-refractivity contribution < 1.29 is 19.1 Å². The zero-order valence-corrected chi connectivity index (χ0v) is 11.8. The van der Waals surface area contributed by atoms with Crippen LogP contribution < -0.4 is 0 Å². The summed E-state index contributed by atoms with van der Waals surface area (Å²) in [5, 5.41) is 0. The monoisotopic (exact) mass is 254 g/mol. The van der Waals surface area contributed by atoms with Gasteiger partial charge in [0.2, 0.25) is 0 Å². The summed E-state index contributed by atoms with van der Waals surface area (Å²) in [6, 6.07) is 0. The molecule has 4 nitrogen and oxygen atoms in total. The fraction of sp³-hybridized carbons (Fsp3) is 0.643. The Morgan fingerprint density at radius 2 is 1.56 bits per heavy atom. The van der Waals surface area contributed by atoms with E-state index in [1.165, 1.54) is 0 Å². The highest BCUT2D eigenvalue weighted by atomic mass is 16.6. The first-order chi connectivity index (χ1) is 8.43. The Labute approximate surface area is 109 Å². The zero-order chi connectivity index (χ0) is 14.1. The average molecular weight is 254 g/mol. The molecular weight excluding hydrogens is 232 g/mol. The molecule has 0 aliphatic carbocycles. The smallest absolute Gasteiger partial charge is 0.320 e. The molecule has 0 aromatic carbocycles. The Morgan fingerprint density at radius 3 is 1.89 bits per heavy atom. The number of rotatable bonds is 6. The van der Waals surface area contributed by atoms with Crippen LogP contribution in [0.15, 0.2) is 17.4 Å². The average Bonchev–Trinajstić information content (AvgIpc) is 2.27. The van der Waals surface area contributed by atoms with Crippen molar-refractivity contribution in [2.45, 2.75) is 34.6 Å². The number of hydrogen-bond acceptors (Lipinski definition) is 4. The summed E-state index contributed by atoms with van der Waals surface area (Å²) in [5.41, 5.74) is 3.98. The first-order valence-corrected chi connectivity index (χ1v) is 6.17. The maximum atomic E-state index is 11.8. The fourth-order valence-corrected chi connectivity index (χ4v) is 1.38. The van der Waals surface area contributed by atoms with E-state index < -0.39 is 17.9 Å². The molecule has 0 heterocycles. The zero-order valence-electron chi connectivity index (χ0n) is 11.8. The van der Waals surface area contributed by atoms with E-state index in [4.69, 9.17) is 9.47 Å². The summed E-state index contributed by atoms with van der Waals surface area (Å²) < 4.78 is 9.81. The molecule has 1 unspecified atom stereocenters. The van der Waals surface area contributed by atoms with Crippen LogP contribution in [0.3, 0.4) is 0 Å². The molecule has 0 saturated carbocycles. The van der Waals surface area contributed by atoms with Crippen LogP contribution in [0.2, 0.25) is 0 Å². The van der Waals surface area contributed by atoms with Crippen LogP contribution in [0, 0.1) is 11.8 Å². The molecule has 0 saturated heterocycles. The third-order valence-corrected chi connectivity index (χ3v) is 2.24. The van der Waals surface area contributed by atoms with Gasteiger partial charge in [0.15, 0.2) is 5.92 Å². The van der Waals surface area contributed by atoms with Crippen molar-refractivity contribution in [3.05, 3.63) is 17.4 Å². The topological polar surface area (TPSA) is 52.6 Å². The highest BCUT2D eigenvalue weighted by Crippen LogP contribution is 2.17. The minimum atomic E-state index is -0.920. The Balaban J connectivity index is 5.02. The van der Waals surface area contributed by atoms with E-state index in [9.17, 15) is 9.59 Å². The summed E-state index contributed by atoms with van der Waals surface area (Å²) in [4.78, 5) is 23.5. The summed E-state index contributed by atoms with van der Waals surface area (Å²) in [5.74, 6) is -2.32. The fourth-order valence-electron chi connectivity index (χ4n) is 1.38. The van der Waals surface area contributed by atoms with Gasteiger partial charge in [-0.3, -0.25) is 9.59 Å². The van der Waals surface area contributed by atoms with E-state index in [2.05, 4.69) is 5.73 Å². The van der Waals surface area contributed by atoms with Crippen LogP contribution in [-0.4, -0.2) is 25.2 Å². The van der Waals surface area contributed by atoms with Crippen LogP contribution >= 0.6 is 0 Å². The SMILES string of the molecule is CCOC(=O)C(C(=O)OCC)C(C)C=C=C(C)C. The van der Waals surface area contributed by atoms with Gasteiger partial charge < -0.3 is 9.47 Å².